The number of hydrogen-bond acceptors (Lipinski definition) is 5. The average Bonchev–Trinajstić information content (AvgIpc) is 3.28. The van der Waals surface area contributed by atoms with Crippen molar-refractivity contribution in [2.75, 3.05) is 35.2 Å². The molecule has 5 nitrogen and oxygen atoms in total. The van der Waals surface area contributed by atoms with Crippen molar-refractivity contribution < 1.29 is 0 Å². The Morgan fingerprint density at radius 1 is 0.964 bits per heavy atom. The Morgan fingerprint density at radius 2 is 1.71 bits per heavy atom. The third-order valence-electron chi connectivity index (χ3n) is 4.82. The topological polar surface area (TPSA) is 53.1 Å². The number of benzene rings is 2. The molecule has 3 aromatic rings. The van der Waals surface area contributed by atoms with Crippen LogP contribution < -0.4 is 15.5 Å². The number of hydrogen-bond donors (Lipinski definition) is 2. The molecule has 2 aromatic carbocycles. The molecule has 0 spiro atoms. The van der Waals surface area contributed by atoms with Gasteiger partial charge in [-0.1, -0.05) is 36.4 Å². The van der Waals surface area contributed by atoms with E-state index in [-0.39, 0.29) is 0 Å². The third kappa shape index (κ3) is 4.31. The van der Waals surface area contributed by atoms with Crippen LogP contribution >= 0.6 is 0 Å². The lowest BCUT2D eigenvalue weighted by Crippen LogP contribution is -2.17. The first-order valence-corrected chi connectivity index (χ1v) is 9.73. The number of rotatable bonds is 7. The molecule has 0 unspecified atom stereocenters. The highest BCUT2D eigenvalue weighted by Crippen LogP contribution is 2.25. The van der Waals surface area contributed by atoms with Crippen LogP contribution in [0.3, 0.4) is 0 Å². The molecule has 1 fully saturated rings. The Labute approximate surface area is 166 Å². The van der Waals surface area contributed by atoms with Crippen LogP contribution in [0.2, 0.25) is 0 Å². The molecule has 0 bridgehead atoms. The van der Waals surface area contributed by atoms with E-state index in [1.54, 1.807) is 0 Å². The van der Waals surface area contributed by atoms with Crippen LogP contribution in [-0.2, 0) is 0 Å². The van der Waals surface area contributed by atoms with Gasteiger partial charge < -0.3 is 15.5 Å². The summed E-state index contributed by atoms with van der Waals surface area (Å²) in [6.07, 6.45) is 4.37. The maximum atomic E-state index is 4.71. The van der Waals surface area contributed by atoms with Gasteiger partial charge in [0.2, 0.25) is 5.95 Å². The van der Waals surface area contributed by atoms with E-state index in [4.69, 9.17) is 4.98 Å². The van der Waals surface area contributed by atoms with Crippen molar-refractivity contribution in [3.8, 4) is 11.3 Å². The Balaban J connectivity index is 1.58. The average molecular weight is 371 g/mol. The standard InChI is InChI=1S/C23H25N5/c1-2-14-24-22-17-21(18-8-4-3-5-9-18)26-23(27-22)25-19-10-12-20(13-11-19)28-15-6-7-16-28/h2-5,8-13,17H,1,6-7,14-16H2,(H2,24,25,26,27). The minimum atomic E-state index is 0.571. The molecule has 5 heteroatoms. The summed E-state index contributed by atoms with van der Waals surface area (Å²) in [6.45, 7) is 6.70. The molecule has 1 aromatic heterocycles. The van der Waals surface area contributed by atoms with Crippen LogP contribution in [0.4, 0.5) is 23.1 Å². The minimum Gasteiger partial charge on any atom is -0.372 e. The zero-order valence-corrected chi connectivity index (χ0v) is 15.9. The van der Waals surface area contributed by atoms with Gasteiger partial charge in [0.15, 0.2) is 0 Å². The van der Waals surface area contributed by atoms with Gasteiger partial charge in [0.25, 0.3) is 0 Å². The fourth-order valence-corrected chi connectivity index (χ4v) is 3.39. The van der Waals surface area contributed by atoms with Gasteiger partial charge >= 0.3 is 0 Å². The summed E-state index contributed by atoms with van der Waals surface area (Å²) in [5.74, 6) is 1.34. The highest BCUT2D eigenvalue weighted by atomic mass is 15.2. The first-order chi connectivity index (χ1) is 13.8. The number of anilines is 4. The zero-order valence-electron chi connectivity index (χ0n) is 15.9. The highest BCUT2D eigenvalue weighted by Gasteiger charge is 2.12. The zero-order chi connectivity index (χ0) is 19.2. The maximum absolute atomic E-state index is 4.71. The van der Waals surface area contributed by atoms with Gasteiger partial charge in [-0.3, -0.25) is 0 Å². The van der Waals surface area contributed by atoms with Gasteiger partial charge in [-0.2, -0.15) is 4.98 Å². The van der Waals surface area contributed by atoms with Gasteiger partial charge in [-0.15, -0.1) is 6.58 Å². The second kappa shape index (κ2) is 8.57. The minimum absolute atomic E-state index is 0.571. The molecular formula is C23H25N5. The number of aromatic nitrogens is 2. The molecule has 142 valence electrons. The summed E-state index contributed by atoms with van der Waals surface area (Å²) in [5.41, 5.74) is 4.18. The Morgan fingerprint density at radius 3 is 2.43 bits per heavy atom. The fraction of sp³-hybridized carbons (Fsp3) is 0.217. The second-order valence-electron chi connectivity index (χ2n) is 6.86. The lowest BCUT2D eigenvalue weighted by Gasteiger charge is -2.18. The first kappa shape index (κ1) is 18.0. The molecule has 0 radical (unpaired) electrons. The smallest absolute Gasteiger partial charge is 0.229 e. The fourth-order valence-electron chi connectivity index (χ4n) is 3.39. The third-order valence-corrected chi connectivity index (χ3v) is 4.82. The first-order valence-electron chi connectivity index (χ1n) is 9.73. The molecule has 0 saturated carbocycles. The maximum Gasteiger partial charge on any atom is 0.229 e. The van der Waals surface area contributed by atoms with Gasteiger partial charge in [-0.05, 0) is 37.1 Å². The predicted octanol–water partition coefficient (Wildman–Crippen LogP) is 5.09. The molecule has 1 saturated heterocycles. The Hall–Kier alpha value is -3.34. The molecule has 2 N–H and O–H groups in total. The molecule has 0 atom stereocenters. The van der Waals surface area contributed by atoms with Crippen LogP contribution in [-0.4, -0.2) is 29.6 Å². The quantitative estimate of drug-likeness (QED) is 0.567. The predicted molar refractivity (Wildman–Crippen MR) is 117 cm³/mol. The Bertz CT molecular complexity index is 915. The van der Waals surface area contributed by atoms with E-state index in [0.717, 1.165) is 35.9 Å². The van der Waals surface area contributed by atoms with Crippen molar-refractivity contribution >= 4 is 23.1 Å². The SMILES string of the molecule is C=CCNc1cc(-c2ccccc2)nc(Nc2ccc(N3CCCC3)cc2)n1. The molecule has 1 aliphatic heterocycles. The van der Waals surface area contributed by atoms with Crippen molar-refractivity contribution in [3.05, 3.63) is 73.3 Å². The van der Waals surface area contributed by atoms with Gasteiger partial charge in [0.1, 0.15) is 5.82 Å². The molecule has 4 rings (SSSR count). The van der Waals surface area contributed by atoms with E-state index in [0.29, 0.717) is 12.5 Å². The largest absolute Gasteiger partial charge is 0.372 e. The van der Waals surface area contributed by atoms with E-state index >= 15 is 0 Å². The summed E-state index contributed by atoms with van der Waals surface area (Å²) in [6, 6.07) is 20.6. The van der Waals surface area contributed by atoms with Crippen LogP contribution in [0, 0.1) is 0 Å². The van der Waals surface area contributed by atoms with Crippen LogP contribution in [0.1, 0.15) is 12.8 Å². The summed E-state index contributed by atoms with van der Waals surface area (Å²) < 4.78 is 0. The van der Waals surface area contributed by atoms with Gasteiger partial charge in [0, 0.05) is 42.6 Å². The van der Waals surface area contributed by atoms with Crippen molar-refractivity contribution in [2.24, 2.45) is 0 Å². The van der Waals surface area contributed by atoms with Crippen molar-refractivity contribution in [2.45, 2.75) is 12.8 Å². The lowest BCUT2D eigenvalue weighted by atomic mass is 10.1. The van der Waals surface area contributed by atoms with E-state index < -0.39 is 0 Å². The van der Waals surface area contributed by atoms with Gasteiger partial charge in [0.05, 0.1) is 5.69 Å². The summed E-state index contributed by atoms with van der Waals surface area (Å²) in [4.78, 5) is 11.7. The van der Waals surface area contributed by atoms with Crippen molar-refractivity contribution in [1.29, 1.82) is 0 Å². The van der Waals surface area contributed by atoms with Crippen LogP contribution in [0.5, 0.6) is 0 Å². The van der Waals surface area contributed by atoms with Crippen molar-refractivity contribution in [3.63, 3.8) is 0 Å². The molecule has 2 heterocycles. The Kier molecular flexibility index (Phi) is 5.52. The molecule has 28 heavy (non-hydrogen) atoms. The summed E-state index contributed by atoms with van der Waals surface area (Å²) in [7, 11) is 0. The van der Waals surface area contributed by atoms with Crippen LogP contribution in [0.25, 0.3) is 11.3 Å². The lowest BCUT2D eigenvalue weighted by molar-refractivity contribution is 0.949. The molecule has 0 amide bonds. The van der Waals surface area contributed by atoms with E-state index in [2.05, 4.69) is 51.4 Å². The van der Waals surface area contributed by atoms with E-state index in [1.807, 2.05) is 42.5 Å². The number of nitrogens with zero attached hydrogens (tertiary/aromatic N) is 3. The van der Waals surface area contributed by atoms with Crippen LogP contribution in [0.15, 0.2) is 73.3 Å². The van der Waals surface area contributed by atoms with Crippen molar-refractivity contribution in [1.82, 2.24) is 9.97 Å². The summed E-state index contributed by atoms with van der Waals surface area (Å²) >= 11 is 0. The summed E-state index contributed by atoms with van der Waals surface area (Å²) in [5, 5.41) is 6.60. The molecule has 0 aliphatic carbocycles. The number of nitrogens with one attached hydrogen (secondary N) is 2. The monoisotopic (exact) mass is 371 g/mol. The van der Waals surface area contributed by atoms with E-state index in [9.17, 15) is 0 Å². The highest BCUT2D eigenvalue weighted by molar-refractivity contribution is 5.67. The normalized spacial score (nSPS) is 13.4. The second-order valence-corrected chi connectivity index (χ2v) is 6.86. The molecular weight excluding hydrogens is 346 g/mol. The molecule has 1 aliphatic rings. The van der Waals surface area contributed by atoms with E-state index in [1.165, 1.54) is 18.5 Å². The van der Waals surface area contributed by atoms with Gasteiger partial charge in [-0.25, -0.2) is 4.98 Å².